The van der Waals surface area contributed by atoms with Crippen LogP contribution >= 0.6 is 11.8 Å². The molecule has 0 saturated carbocycles. The van der Waals surface area contributed by atoms with Gasteiger partial charge in [0, 0.05) is 35.6 Å². The van der Waals surface area contributed by atoms with Gasteiger partial charge in [-0.05, 0) is 5.56 Å². The predicted molar refractivity (Wildman–Crippen MR) is 98.1 cm³/mol. The van der Waals surface area contributed by atoms with Crippen LogP contribution in [0.1, 0.15) is 11.1 Å². The maximum absolute atomic E-state index is 11.7. The van der Waals surface area contributed by atoms with Gasteiger partial charge in [-0.3, -0.25) is 25.0 Å². The summed E-state index contributed by atoms with van der Waals surface area (Å²) in [4.78, 5) is 32.0. The number of hydrogen-bond donors (Lipinski definition) is 1. The van der Waals surface area contributed by atoms with Crippen LogP contribution < -0.4 is 5.43 Å². The Hall–Kier alpha value is -3.27. The summed E-state index contributed by atoms with van der Waals surface area (Å²) in [6.45, 7) is 0. The van der Waals surface area contributed by atoms with Crippen molar-refractivity contribution in [2.45, 2.75) is 5.75 Å². The first-order valence-electron chi connectivity index (χ1n) is 7.33. The van der Waals surface area contributed by atoms with Gasteiger partial charge in [-0.2, -0.15) is 5.10 Å². The van der Waals surface area contributed by atoms with Crippen LogP contribution in [0.25, 0.3) is 0 Å². The third kappa shape index (κ3) is 5.98. The molecule has 0 aromatic heterocycles. The Bertz CT molecular complexity index is 839. The molecule has 2 rings (SSSR count). The monoisotopic (exact) mass is 374 g/mol. The Morgan fingerprint density at radius 1 is 1.08 bits per heavy atom. The molecule has 26 heavy (non-hydrogen) atoms. The number of hydrogen-bond acceptors (Lipinski definition) is 7. The summed E-state index contributed by atoms with van der Waals surface area (Å²) in [5.74, 6) is 0.363. The number of carbonyl (C=O) groups is 1. The number of thioether (sulfide) groups is 1. The Morgan fingerprint density at radius 2 is 1.77 bits per heavy atom. The molecule has 0 bridgehead atoms. The van der Waals surface area contributed by atoms with Gasteiger partial charge < -0.3 is 0 Å². The second-order valence-electron chi connectivity index (χ2n) is 5.06. The quantitative estimate of drug-likeness (QED) is 0.430. The second-order valence-corrected chi connectivity index (χ2v) is 6.05. The van der Waals surface area contributed by atoms with E-state index >= 15 is 0 Å². The Kier molecular flexibility index (Phi) is 6.80. The summed E-state index contributed by atoms with van der Waals surface area (Å²) in [7, 11) is 0. The molecule has 9 nitrogen and oxygen atoms in total. The Balaban J connectivity index is 1.75. The van der Waals surface area contributed by atoms with Crippen molar-refractivity contribution in [2.24, 2.45) is 5.10 Å². The van der Waals surface area contributed by atoms with E-state index in [2.05, 4.69) is 10.5 Å². The first-order valence-corrected chi connectivity index (χ1v) is 8.48. The fourth-order valence-corrected chi connectivity index (χ4v) is 2.69. The zero-order chi connectivity index (χ0) is 18.9. The van der Waals surface area contributed by atoms with Crippen molar-refractivity contribution < 1.29 is 14.6 Å². The van der Waals surface area contributed by atoms with Crippen molar-refractivity contribution in [3.63, 3.8) is 0 Å². The summed E-state index contributed by atoms with van der Waals surface area (Å²) in [6.07, 6.45) is 1.33. The third-order valence-corrected chi connectivity index (χ3v) is 4.14. The lowest BCUT2D eigenvalue weighted by atomic mass is 10.2. The highest BCUT2D eigenvalue weighted by Gasteiger charge is 2.06. The lowest BCUT2D eigenvalue weighted by Crippen LogP contribution is -2.19. The van der Waals surface area contributed by atoms with E-state index in [1.807, 2.05) is 0 Å². The number of carbonyl (C=O) groups excluding carboxylic acids is 1. The van der Waals surface area contributed by atoms with Crippen molar-refractivity contribution in [3.8, 4) is 0 Å². The van der Waals surface area contributed by atoms with Crippen molar-refractivity contribution in [2.75, 3.05) is 5.75 Å². The maximum Gasteiger partial charge on any atom is 0.270 e. The van der Waals surface area contributed by atoms with Crippen LogP contribution in [0.15, 0.2) is 53.6 Å². The van der Waals surface area contributed by atoms with Gasteiger partial charge in [-0.15, -0.1) is 11.8 Å². The van der Waals surface area contributed by atoms with Crippen LogP contribution in [0.3, 0.4) is 0 Å². The molecule has 0 radical (unpaired) electrons. The van der Waals surface area contributed by atoms with E-state index in [0.717, 1.165) is 5.56 Å². The Labute approximate surface area is 152 Å². The SMILES string of the molecule is O=C(CSCc1ccc([N+](=O)[O-])cc1)N/N=C\c1cccc([N+](=O)[O-])c1. The average molecular weight is 374 g/mol. The molecule has 0 aliphatic carbocycles. The maximum atomic E-state index is 11.7. The van der Waals surface area contributed by atoms with Crippen LogP contribution in [0.4, 0.5) is 11.4 Å². The van der Waals surface area contributed by atoms with Crippen molar-refractivity contribution in [1.82, 2.24) is 5.43 Å². The molecule has 0 atom stereocenters. The van der Waals surface area contributed by atoms with E-state index in [1.165, 1.54) is 48.3 Å². The second kappa shape index (κ2) is 9.28. The van der Waals surface area contributed by atoms with E-state index in [9.17, 15) is 25.0 Å². The number of nitrogens with one attached hydrogen (secondary N) is 1. The van der Waals surface area contributed by atoms with E-state index in [0.29, 0.717) is 11.3 Å². The fraction of sp³-hybridized carbons (Fsp3) is 0.125. The zero-order valence-corrected chi connectivity index (χ0v) is 14.2. The lowest BCUT2D eigenvalue weighted by Gasteiger charge is -2.01. The van der Waals surface area contributed by atoms with Crippen molar-refractivity contribution in [3.05, 3.63) is 79.9 Å². The summed E-state index contributed by atoms with van der Waals surface area (Å²) in [6, 6.07) is 12.0. The van der Waals surface area contributed by atoms with Gasteiger partial charge in [0.05, 0.1) is 21.8 Å². The van der Waals surface area contributed by atoms with Gasteiger partial charge in [0.1, 0.15) is 0 Å². The molecule has 1 N–H and O–H groups in total. The summed E-state index contributed by atoms with van der Waals surface area (Å²) in [5, 5.41) is 25.0. The van der Waals surface area contributed by atoms with Gasteiger partial charge in [0.25, 0.3) is 11.4 Å². The normalized spacial score (nSPS) is 10.6. The van der Waals surface area contributed by atoms with Crippen LogP contribution in [0.5, 0.6) is 0 Å². The number of hydrazone groups is 1. The highest BCUT2D eigenvalue weighted by atomic mass is 32.2. The molecule has 2 aromatic rings. The van der Waals surface area contributed by atoms with Crippen LogP contribution in [-0.4, -0.2) is 27.7 Å². The highest BCUT2D eigenvalue weighted by Crippen LogP contribution is 2.16. The molecule has 0 aliphatic rings. The van der Waals surface area contributed by atoms with Crippen molar-refractivity contribution in [1.29, 1.82) is 0 Å². The van der Waals surface area contributed by atoms with E-state index in [-0.39, 0.29) is 23.0 Å². The molecule has 0 fully saturated rings. The standard InChI is InChI=1S/C16H14N4O5S/c21-16(11-26-10-12-4-6-14(7-5-12)19(22)23)18-17-9-13-2-1-3-15(8-13)20(24)25/h1-9H,10-11H2,(H,18,21)/b17-9-. The molecule has 0 heterocycles. The molecule has 2 aromatic carbocycles. The molecule has 0 spiro atoms. The zero-order valence-electron chi connectivity index (χ0n) is 13.4. The summed E-state index contributed by atoms with van der Waals surface area (Å²) >= 11 is 1.34. The molecule has 1 amide bonds. The Morgan fingerprint density at radius 3 is 2.42 bits per heavy atom. The third-order valence-electron chi connectivity index (χ3n) is 3.13. The van der Waals surface area contributed by atoms with Gasteiger partial charge in [0.2, 0.25) is 5.91 Å². The largest absolute Gasteiger partial charge is 0.272 e. The van der Waals surface area contributed by atoms with Gasteiger partial charge >= 0.3 is 0 Å². The molecular formula is C16H14N4O5S. The van der Waals surface area contributed by atoms with Crippen molar-refractivity contribution >= 4 is 35.3 Å². The number of benzene rings is 2. The average Bonchev–Trinajstić information content (AvgIpc) is 2.62. The minimum atomic E-state index is -0.509. The molecular weight excluding hydrogens is 360 g/mol. The fourth-order valence-electron chi connectivity index (χ4n) is 1.91. The highest BCUT2D eigenvalue weighted by molar-refractivity contribution is 7.99. The summed E-state index contributed by atoms with van der Waals surface area (Å²) < 4.78 is 0. The number of nitro benzene ring substituents is 2. The molecule has 10 heteroatoms. The van der Waals surface area contributed by atoms with Gasteiger partial charge in [-0.25, -0.2) is 5.43 Å². The van der Waals surface area contributed by atoms with Crippen LogP contribution in [-0.2, 0) is 10.5 Å². The van der Waals surface area contributed by atoms with E-state index in [1.54, 1.807) is 18.2 Å². The number of rotatable bonds is 8. The van der Waals surface area contributed by atoms with Crippen LogP contribution in [0.2, 0.25) is 0 Å². The smallest absolute Gasteiger partial charge is 0.270 e. The number of amides is 1. The first-order chi connectivity index (χ1) is 12.5. The predicted octanol–water partition coefficient (Wildman–Crippen LogP) is 2.89. The topological polar surface area (TPSA) is 128 Å². The van der Waals surface area contributed by atoms with E-state index in [4.69, 9.17) is 0 Å². The lowest BCUT2D eigenvalue weighted by molar-refractivity contribution is -0.385. The minimum Gasteiger partial charge on any atom is -0.272 e. The van der Waals surface area contributed by atoms with Gasteiger partial charge in [0.15, 0.2) is 0 Å². The van der Waals surface area contributed by atoms with Gasteiger partial charge in [-0.1, -0.05) is 24.3 Å². The molecule has 0 aliphatic heterocycles. The molecule has 134 valence electrons. The number of non-ortho nitro benzene ring substituents is 2. The summed E-state index contributed by atoms with van der Waals surface area (Å²) in [5.41, 5.74) is 3.67. The van der Waals surface area contributed by atoms with E-state index < -0.39 is 9.85 Å². The molecule has 0 unspecified atom stereocenters. The minimum absolute atomic E-state index is 0.0204. The number of nitrogens with zero attached hydrogens (tertiary/aromatic N) is 3. The number of nitro groups is 2. The molecule has 0 saturated heterocycles. The van der Waals surface area contributed by atoms with Crippen LogP contribution in [0, 0.1) is 20.2 Å². The first kappa shape index (κ1) is 19.1.